The number of hydrogen-bond donors (Lipinski definition) is 1. The summed E-state index contributed by atoms with van der Waals surface area (Å²) in [5.41, 5.74) is 8.80. The second-order valence-electron chi connectivity index (χ2n) is 9.59. The van der Waals surface area contributed by atoms with Gasteiger partial charge in [-0.15, -0.1) is 0 Å². The Kier molecular flexibility index (Phi) is 8.23. The highest BCUT2D eigenvalue weighted by atomic mass is 16.5. The molecule has 1 aliphatic heterocycles. The Morgan fingerprint density at radius 2 is 1.68 bits per heavy atom. The van der Waals surface area contributed by atoms with Gasteiger partial charge in [-0.1, -0.05) is 13.3 Å². The topological polar surface area (TPSA) is 37.4 Å². The van der Waals surface area contributed by atoms with E-state index in [0.29, 0.717) is 6.04 Å². The van der Waals surface area contributed by atoms with Crippen LogP contribution in [0.5, 0.6) is 5.75 Å². The zero-order chi connectivity index (χ0) is 23.9. The van der Waals surface area contributed by atoms with Gasteiger partial charge in [-0.05, 0) is 124 Å². The number of nitrogens with one attached hydrogen (secondary N) is 1. The molecular weight excluding hydrogens is 418 g/mol. The molecule has 4 heteroatoms. The lowest BCUT2D eigenvalue weighted by Crippen LogP contribution is -2.43. The van der Waals surface area contributed by atoms with Crippen LogP contribution in [0, 0.1) is 20.8 Å². The average molecular weight is 458 g/mol. The summed E-state index contributed by atoms with van der Waals surface area (Å²) in [6.07, 6.45) is 6.51. The minimum atomic E-state index is 0.522. The normalized spacial score (nSPS) is 14.2. The van der Waals surface area contributed by atoms with Gasteiger partial charge >= 0.3 is 0 Å². The zero-order valence-electron chi connectivity index (χ0n) is 21.2. The highest BCUT2D eigenvalue weighted by Gasteiger charge is 2.22. The van der Waals surface area contributed by atoms with E-state index in [9.17, 15) is 0 Å². The van der Waals surface area contributed by atoms with Crippen LogP contribution >= 0.6 is 0 Å². The van der Waals surface area contributed by atoms with Gasteiger partial charge in [0.15, 0.2) is 0 Å². The summed E-state index contributed by atoms with van der Waals surface area (Å²) >= 11 is 0. The van der Waals surface area contributed by atoms with Gasteiger partial charge in [0, 0.05) is 30.0 Å². The van der Waals surface area contributed by atoms with E-state index in [1.165, 1.54) is 33.5 Å². The lowest BCUT2D eigenvalue weighted by atomic mass is 9.98. The van der Waals surface area contributed by atoms with Crippen molar-refractivity contribution in [3.63, 3.8) is 0 Å². The number of unbranched alkanes of at least 4 members (excludes halogenated alkanes) is 1. The number of hydrogen-bond acceptors (Lipinski definition) is 4. The van der Waals surface area contributed by atoms with E-state index in [0.717, 1.165) is 63.4 Å². The first kappa shape index (κ1) is 24.3. The number of ether oxygens (including phenoxy) is 1. The fourth-order valence-electron chi connectivity index (χ4n) is 4.73. The zero-order valence-corrected chi connectivity index (χ0v) is 21.2. The van der Waals surface area contributed by atoms with Crippen molar-refractivity contribution in [2.45, 2.75) is 66.0 Å². The molecule has 0 aliphatic carbocycles. The number of rotatable bonds is 9. The van der Waals surface area contributed by atoms with E-state index in [1.807, 2.05) is 6.20 Å². The Labute approximate surface area is 205 Å². The van der Waals surface area contributed by atoms with Crippen molar-refractivity contribution >= 4 is 5.69 Å². The van der Waals surface area contributed by atoms with E-state index in [-0.39, 0.29) is 0 Å². The summed E-state index contributed by atoms with van der Waals surface area (Å²) in [4.78, 5) is 7.29. The average Bonchev–Trinajstić information content (AvgIpc) is 2.87. The van der Waals surface area contributed by atoms with Crippen molar-refractivity contribution in [1.29, 1.82) is 0 Å². The van der Waals surface area contributed by atoms with E-state index >= 15 is 0 Å². The number of aryl methyl sites for hydroxylation is 2. The maximum absolute atomic E-state index is 5.90. The molecule has 34 heavy (non-hydrogen) atoms. The summed E-state index contributed by atoms with van der Waals surface area (Å²) < 4.78 is 5.90. The Bertz CT molecular complexity index is 1050. The van der Waals surface area contributed by atoms with Gasteiger partial charge in [0.05, 0.1) is 12.3 Å². The van der Waals surface area contributed by atoms with Gasteiger partial charge in [-0.25, -0.2) is 0 Å². The van der Waals surface area contributed by atoms with E-state index in [4.69, 9.17) is 9.72 Å². The second kappa shape index (κ2) is 11.5. The fraction of sp³-hybridized carbons (Fsp3) is 0.433. The number of piperidine rings is 1. The molecule has 0 spiro atoms. The predicted molar refractivity (Wildman–Crippen MR) is 143 cm³/mol. The number of pyridine rings is 1. The third-order valence-electron chi connectivity index (χ3n) is 7.08. The molecular formula is C30H39N3O. The van der Waals surface area contributed by atoms with Gasteiger partial charge in [0.25, 0.3) is 0 Å². The summed E-state index contributed by atoms with van der Waals surface area (Å²) in [6.45, 7) is 12.6. The molecule has 2 heterocycles. The summed E-state index contributed by atoms with van der Waals surface area (Å²) in [5.74, 6) is 0.957. The molecule has 0 atom stereocenters. The van der Waals surface area contributed by atoms with E-state index in [1.54, 1.807) is 0 Å². The van der Waals surface area contributed by atoms with Crippen molar-refractivity contribution in [3.05, 3.63) is 77.0 Å². The van der Waals surface area contributed by atoms with Crippen LogP contribution in [-0.4, -0.2) is 30.7 Å². The van der Waals surface area contributed by atoms with Crippen molar-refractivity contribution in [2.75, 3.05) is 24.6 Å². The molecule has 0 amide bonds. The molecule has 0 bridgehead atoms. The molecule has 1 fully saturated rings. The monoisotopic (exact) mass is 457 g/mol. The molecule has 1 saturated heterocycles. The van der Waals surface area contributed by atoms with Gasteiger partial charge in [-0.2, -0.15) is 0 Å². The van der Waals surface area contributed by atoms with Gasteiger partial charge in [0.2, 0.25) is 0 Å². The quantitative estimate of drug-likeness (QED) is 0.367. The maximum Gasteiger partial charge on any atom is 0.119 e. The van der Waals surface area contributed by atoms with Gasteiger partial charge in [-0.3, -0.25) is 4.98 Å². The molecule has 4 nitrogen and oxygen atoms in total. The van der Waals surface area contributed by atoms with Gasteiger partial charge in [0.1, 0.15) is 5.75 Å². The smallest absolute Gasteiger partial charge is 0.119 e. The lowest BCUT2D eigenvalue weighted by Gasteiger charge is -2.36. The van der Waals surface area contributed by atoms with Crippen LogP contribution in [-0.2, 0) is 6.54 Å². The molecule has 4 rings (SSSR count). The third-order valence-corrected chi connectivity index (χ3v) is 7.08. The van der Waals surface area contributed by atoms with Crippen LogP contribution in [0.4, 0.5) is 5.69 Å². The SMILES string of the molecule is CCCCOc1ccc(N(Cc2ccnc(-c3cc(C)c(C)c(C)c3)c2)C2CCNCC2)cc1. The van der Waals surface area contributed by atoms with Crippen LogP contribution < -0.4 is 15.0 Å². The first-order valence-corrected chi connectivity index (χ1v) is 12.8. The highest BCUT2D eigenvalue weighted by molar-refractivity contribution is 5.63. The molecule has 2 aromatic carbocycles. The molecule has 1 aliphatic rings. The maximum atomic E-state index is 5.90. The van der Waals surface area contributed by atoms with Crippen LogP contribution in [0.15, 0.2) is 54.7 Å². The first-order chi connectivity index (χ1) is 16.5. The fourth-order valence-corrected chi connectivity index (χ4v) is 4.73. The first-order valence-electron chi connectivity index (χ1n) is 12.8. The molecule has 1 N–H and O–H groups in total. The molecule has 1 aromatic heterocycles. The summed E-state index contributed by atoms with van der Waals surface area (Å²) in [5, 5.41) is 3.51. The van der Waals surface area contributed by atoms with Crippen LogP contribution in [0.25, 0.3) is 11.3 Å². The minimum absolute atomic E-state index is 0.522. The Hall–Kier alpha value is -2.85. The number of nitrogens with zero attached hydrogens (tertiary/aromatic N) is 2. The molecule has 3 aromatic rings. The predicted octanol–water partition coefficient (Wildman–Crippen LogP) is 6.61. The largest absolute Gasteiger partial charge is 0.494 e. The Morgan fingerprint density at radius 3 is 2.35 bits per heavy atom. The van der Waals surface area contributed by atoms with E-state index in [2.05, 4.69) is 86.4 Å². The molecule has 180 valence electrons. The van der Waals surface area contributed by atoms with E-state index < -0.39 is 0 Å². The lowest BCUT2D eigenvalue weighted by molar-refractivity contribution is 0.309. The number of benzene rings is 2. The highest BCUT2D eigenvalue weighted by Crippen LogP contribution is 2.28. The molecule has 0 saturated carbocycles. The molecule has 0 unspecified atom stereocenters. The number of aromatic nitrogens is 1. The van der Waals surface area contributed by atoms with Crippen molar-refractivity contribution in [2.24, 2.45) is 0 Å². The van der Waals surface area contributed by atoms with Crippen LogP contribution in [0.2, 0.25) is 0 Å². The van der Waals surface area contributed by atoms with Crippen LogP contribution in [0.1, 0.15) is 54.9 Å². The standard InChI is InChI=1S/C30H39N3O/c1-5-6-17-34-29-9-7-27(8-10-29)33(28-12-14-31-15-13-28)21-25-11-16-32-30(20-25)26-18-22(2)24(4)23(3)19-26/h7-11,16,18-20,28,31H,5-6,12-15,17,21H2,1-4H3. The van der Waals surface area contributed by atoms with Gasteiger partial charge < -0.3 is 15.0 Å². The van der Waals surface area contributed by atoms with Crippen molar-refractivity contribution in [1.82, 2.24) is 10.3 Å². The van der Waals surface area contributed by atoms with Crippen molar-refractivity contribution < 1.29 is 4.74 Å². The number of anilines is 1. The molecule has 0 radical (unpaired) electrons. The minimum Gasteiger partial charge on any atom is -0.494 e. The third kappa shape index (κ3) is 5.98. The summed E-state index contributed by atoms with van der Waals surface area (Å²) in [6, 6.07) is 18.1. The van der Waals surface area contributed by atoms with Crippen molar-refractivity contribution in [3.8, 4) is 17.0 Å². The summed E-state index contributed by atoms with van der Waals surface area (Å²) in [7, 11) is 0. The second-order valence-corrected chi connectivity index (χ2v) is 9.59. The Balaban J connectivity index is 1.58. The Morgan fingerprint density at radius 1 is 0.971 bits per heavy atom. The van der Waals surface area contributed by atoms with Crippen LogP contribution in [0.3, 0.4) is 0 Å².